The first-order valence-electron chi connectivity index (χ1n) is 5.64. The van der Waals surface area contributed by atoms with Gasteiger partial charge in [-0.2, -0.15) is 13.2 Å². The number of aliphatic hydroxyl groups is 1. The van der Waals surface area contributed by atoms with Crippen molar-refractivity contribution in [3.63, 3.8) is 0 Å². The smallest absolute Gasteiger partial charge is 0.384 e. The molecule has 4 heteroatoms. The molecule has 0 unspecified atom stereocenters. The highest BCUT2D eigenvalue weighted by molar-refractivity contribution is 5.28. The number of rotatable bonds is 2. The van der Waals surface area contributed by atoms with E-state index < -0.39 is 17.8 Å². The maximum Gasteiger partial charge on any atom is 0.416 e. The van der Waals surface area contributed by atoms with E-state index in [1.54, 1.807) is 6.08 Å². The van der Waals surface area contributed by atoms with Crippen LogP contribution in [0.5, 0.6) is 0 Å². The molecule has 18 heavy (non-hydrogen) atoms. The van der Waals surface area contributed by atoms with Gasteiger partial charge >= 0.3 is 6.18 Å². The summed E-state index contributed by atoms with van der Waals surface area (Å²) in [4.78, 5) is 0. The zero-order valence-corrected chi connectivity index (χ0v) is 10.6. The van der Waals surface area contributed by atoms with Gasteiger partial charge in [0.2, 0.25) is 0 Å². The van der Waals surface area contributed by atoms with Crippen LogP contribution in [0.15, 0.2) is 36.4 Å². The van der Waals surface area contributed by atoms with Gasteiger partial charge < -0.3 is 5.11 Å². The van der Waals surface area contributed by atoms with E-state index in [0.29, 0.717) is 5.56 Å². The highest BCUT2D eigenvalue weighted by atomic mass is 19.4. The minimum Gasteiger partial charge on any atom is -0.384 e. The summed E-state index contributed by atoms with van der Waals surface area (Å²) in [5.74, 6) is 0. The Kier molecular flexibility index (Phi) is 4.22. The Balaban J connectivity index is 2.83. The molecule has 0 saturated heterocycles. The summed E-state index contributed by atoms with van der Waals surface area (Å²) in [6.45, 7) is 5.93. The molecule has 1 aromatic carbocycles. The molecule has 100 valence electrons. The highest BCUT2D eigenvalue weighted by Gasteiger charge is 2.30. The van der Waals surface area contributed by atoms with Crippen LogP contribution in [0.1, 0.15) is 38.0 Å². The standard InChI is InChI=1S/C14H17F3O/c1-13(2,3)9-8-12(18)10-4-6-11(7-5-10)14(15,16)17/h4-9,12,18H,1-3H3/b9-8+/t12-/m0/s1. The fourth-order valence-electron chi connectivity index (χ4n) is 1.36. The number of hydrogen-bond donors (Lipinski definition) is 1. The molecule has 0 radical (unpaired) electrons. The van der Waals surface area contributed by atoms with Gasteiger partial charge in [0.15, 0.2) is 0 Å². The zero-order valence-electron chi connectivity index (χ0n) is 10.6. The molecule has 0 bridgehead atoms. The van der Waals surface area contributed by atoms with Gasteiger partial charge in [0.25, 0.3) is 0 Å². The fraction of sp³-hybridized carbons (Fsp3) is 0.429. The minimum atomic E-state index is -4.34. The van der Waals surface area contributed by atoms with Crippen LogP contribution in [-0.4, -0.2) is 5.11 Å². The number of hydrogen-bond acceptors (Lipinski definition) is 1. The minimum absolute atomic E-state index is 0.0765. The van der Waals surface area contributed by atoms with Gasteiger partial charge in [0, 0.05) is 0 Å². The maximum absolute atomic E-state index is 12.3. The molecule has 1 rings (SSSR count). The summed E-state index contributed by atoms with van der Waals surface area (Å²) in [5, 5.41) is 9.81. The summed E-state index contributed by atoms with van der Waals surface area (Å²) < 4.78 is 37.0. The lowest BCUT2D eigenvalue weighted by Crippen LogP contribution is -2.05. The molecule has 0 saturated carbocycles. The second-order valence-electron chi connectivity index (χ2n) is 5.29. The van der Waals surface area contributed by atoms with Gasteiger partial charge in [0.1, 0.15) is 0 Å². The van der Waals surface area contributed by atoms with Crippen molar-refractivity contribution in [3.05, 3.63) is 47.5 Å². The average Bonchev–Trinajstić information content (AvgIpc) is 2.24. The Morgan fingerprint density at radius 1 is 1.06 bits per heavy atom. The predicted molar refractivity (Wildman–Crippen MR) is 65.0 cm³/mol. The summed E-state index contributed by atoms with van der Waals surface area (Å²) in [6.07, 6.45) is -1.81. The normalized spacial score (nSPS) is 15.1. The molecular weight excluding hydrogens is 241 g/mol. The van der Waals surface area contributed by atoms with E-state index in [0.717, 1.165) is 12.1 Å². The molecule has 1 aromatic rings. The van der Waals surface area contributed by atoms with E-state index >= 15 is 0 Å². The molecule has 1 nitrogen and oxygen atoms in total. The van der Waals surface area contributed by atoms with Gasteiger partial charge in [-0.1, -0.05) is 45.1 Å². The zero-order chi connectivity index (χ0) is 14.0. The van der Waals surface area contributed by atoms with Crippen molar-refractivity contribution in [3.8, 4) is 0 Å². The van der Waals surface area contributed by atoms with Crippen LogP contribution in [0, 0.1) is 5.41 Å². The van der Waals surface area contributed by atoms with Crippen molar-refractivity contribution >= 4 is 0 Å². The van der Waals surface area contributed by atoms with E-state index in [9.17, 15) is 18.3 Å². The van der Waals surface area contributed by atoms with Crippen LogP contribution in [0.3, 0.4) is 0 Å². The van der Waals surface area contributed by atoms with Gasteiger partial charge in [-0.3, -0.25) is 0 Å². The Morgan fingerprint density at radius 2 is 1.56 bits per heavy atom. The third-order valence-corrected chi connectivity index (χ3v) is 2.36. The fourth-order valence-corrected chi connectivity index (χ4v) is 1.36. The molecule has 0 amide bonds. The van der Waals surface area contributed by atoms with Crippen molar-refractivity contribution in [2.45, 2.75) is 33.1 Å². The first-order valence-corrected chi connectivity index (χ1v) is 5.64. The predicted octanol–water partition coefficient (Wildman–Crippen LogP) is 4.34. The maximum atomic E-state index is 12.3. The molecule has 1 atom stereocenters. The van der Waals surface area contributed by atoms with Gasteiger partial charge in [0.05, 0.1) is 11.7 Å². The molecule has 0 aliphatic carbocycles. The molecule has 0 aromatic heterocycles. The van der Waals surface area contributed by atoms with E-state index in [-0.39, 0.29) is 5.41 Å². The Morgan fingerprint density at radius 3 is 1.94 bits per heavy atom. The summed E-state index contributed by atoms with van der Waals surface area (Å²) in [7, 11) is 0. The third kappa shape index (κ3) is 4.53. The van der Waals surface area contributed by atoms with Gasteiger partial charge in [-0.15, -0.1) is 0 Å². The summed E-state index contributed by atoms with van der Waals surface area (Å²) in [6, 6.07) is 4.54. The number of alkyl halides is 3. The number of benzene rings is 1. The number of allylic oxidation sites excluding steroid dienone is 1. The Hall–Kier alpha value is -1.29. The van der Waals surface area contributed by atoms with Crippen LogP contribution in [0.25, 0.3) is 0 Å². The molecule has 0 spiro atoms. The first kappa shape index (κ1) is 14.8. The lowest BCUT2D eigenvalue weighted by atomic mass is 9.94. The summed E-state index contributed by atoms with van der Waals surface area (Å²) in [5.41, 5.74) is -0.339. The molecule has 0 aliphatic heterocycles. The SMILES string of the molecule is CC(C)(C)/C=C/[C@H](O)c1ccc(C(F)(F)F)cc1. The summed E-state index contributed by atoms with van der Waals surface area (Å²) >= 11 is 0. The molecule has 0 heterocycles. The van der Waals surface area contributed by atoms with E-state index in [1.165, 1.54) is 12.1 Å². The average molecular weight is 258 g/mol. The topological polar surface area (TPSA) is 20.2 Å². The molecule has 1 N–H and O–H groups in total. The van der Waals surface area contributed by atoms with Crippen LogP contribution < -0.4 is 0 Å². The molecular formula is C14H17F3O. The van der Waals surface area contributed by atoms with Gasteiger partial charge in [-0.05, 0) is 23.1 Å². The van der Waals surface area contributed by atoms with Crippen molar-refractivity contribution in [1.29, 1.82) is 0 Å². The van der Waals surface area contributed by atoms with Crippen LogP contribution in [0.4, 0.5) is 13.2 Å². The van der Waals surface area contributed by atoms with Crippen molar-refractivity contribution in [2.75, 3.05) is 0 Å². The Bertz CT molecular complexity index is 410. The monoisotopic (exact) mass is 258 g/mol. The third-order valence-electron chi connectivity index (χ3n) is 2.36. The van der Waals surface area contributed by atoms with Gasteiger partial charge in [-0.25, -0.2) is 0 Å². The Labute approximate surface area is 105 Å². The van der Waals surface area contributed by atoms with E-state index in [4.69, 9.17) is 0 Å². The molecule has 0 aliphatic rings. The van der Waals surface area contributed by atoms with E-state index in [1.807, 2.05) is 26.8 Å². The number of halogens is 3. The van der Waals surface area contributed by atoms with Crippen LogP contribution >= 0.6 is 0 Å². The quantitative estimate of drug-likeness (QED) is 0.782. The van der Waals surface area contributed by atoms with Crippen LogP contribution in [-0.2, 0) is 6.18 Å². The second kappa shape index (κ2) is 5.14. The van der Waals surface area contributed by atoms with Crippen molar-refractivity contribution in [2.24, 2.45) is 5.41 Å². The number of aliphatic hydroxyl groups excluding tert-OH is 1. The second-order valence-corrected chi connectivity index (χ2v) is 5.29. The van der Waals surface area contributed by atoms with Crippen molar-refractivity contribution < 1.29 is 18.3 Å². The molecule has 0 fully saturated rings. The lowest BCUT2D eigenvalue weighted by molar-refractivity contribution is -0.137. The highest BCUT2D eigenvalue weighted by Crippen LogP contribution is 2.30. The lowest BCUT2D eigenvalue weighted by Gasteiger charge is -2.14. The first-order chi connectivity index (χ1) is 8.09. The van der Waals surface area contributed by atoms with Crippen LogP contribution in [0.2, 0.25) is 0 Å². The van der Waals surface area contributed by atoms with Crippen molar-refractivity contribution in [1.82, 2.24) is 0 Å². The largest absolute Gasteiger partial charge is 0.416 e. The van der Waals surface area contributed by atoms with E-state index in [2.05, 4.69) is 0 Å².